The van der Waals surface area contributed by atoms with Crippen LogP contribution in [0.3, 0.4) is 0 Å². The molecule has 5 unspecified atom stereocenters. The fraction of sp³-hybridized carbons (Fsp3) is 0.435. The van der Waals surface area contributed by atoms with Crippen LogP contribution in [0.4, 0.5) is 0 Å². The Hall–Kier alpha value is -2.78. The van der Waals surface area contributed by atoms with E-state index < -0.39 is 47.8 Å². The van der Waals surface area contributed by atoms with Gasteiger partial charge in [0.05, 0.1) is 18.8 Å². The molecule has 1 aromatic carbocycles. The van der Waals surface area contributed by atoms with Crippen molar-refractivity contribution < 1.29 is 28.4 Å². The van der Waals surface area contributed by atoms with E-state index in [1.54, 1.807) is 51.1 Å². The molecule has 2 aromatic rings. The first-order valence-corrected chi connectivity index (χ1v) is 13.7. The molecule has 1 aliphatic rings. The van der Waals surface area contributed by atoms with E-state index in [0.717, 1.165) is 10.6 Å². The first kappa shape index (κ1) is 27.8. The second-order valence-corrected chi connectivity index (χ2v) is 11.6. The van der Waals surface area contributed by atoms with Crippen molar-refractivity contribution in [2.45, 2.75) is 57.3 Å². The average Bonchev–Trinajstić information content (AvgIpc) is 3.15. The standard InChI is InChI=1S/C23H28N3O8PS/c1-5-23(30)13-18(33-21(23)26-12-11-19(27)24-22(26)29)14-31-35(36,34-17-9-7-6-8-10-17)25-16(4)20(28)32-15(2)3/h1,6-12,15-16,18,21,30H,13-14H2,2-4H3,(H,25,36)(H,24,27,29). The molecule has 11 nitrogen and oxygen atoms in total. The van der Waals surface area contributed by atoms with E-state index >= 15 is 0 Å². The van der Waals surface area contributed by atoms with Gasteiger partial charge in [-0.15, -0.1) is 6.42 Å². The number of rotatable bonds is 10. The molecule has 5 atom stereocenters. The molecule has 0 bridgehead atoms. The third-order valence-corrected chi connectivity index (χ3v) is 7.58. The molecule has 0 aliphatic carbocycles. The van der Waals surface area contributed by atoms with Gasteiger partial charge in [0, 0.05) is 18.7 Å². The van der Waals surface area contributed by atoms with Crippen LogP contribution in [0.1, 0.15) is 33.4 Å². The SMILES string of the molecule is C#CC1(O)CC(COP(=S)(NC(C)C(=O)OC(C)C)Oc2ccccc2)OC1n1ccc(=O)[nH]c1=O. The topological polar surface area (TPSA) is 141 Å². The van der Waals surface area contributed by atoms with Gasteiger partial charge < -0.3 is 23.6 Å². The second-order valence-electron chi connectivity index (χ2n) is 8.43. The number of H-pyrrole nitrogens is 1. The number of aliphatic hydroxyl groups is 1. The number of esters is 1. The smallest absolute Gasteiger partial charge is 0.330 e. The van der Waals surface area contributed by atoms with Crippen molar-refractivity contribution in [3.63, 3.8) is 0 Å². The molecule has 0 amide bonds. The zero-order valence-electron chi connectivity index (χ0n) is 20.0. The highest BCUT2D eigenvalue weighted by atomic mass is 32.5. The van der Waals surface area contributed by atoms with Crippen LogP contribution in [0.15, 0.2) is 52.2 Å². The number of nitrogens with one attached hydrogen (secondary N) is 2. The van der Waals surface area contributed by atoms with E-state index in [0.29, 0.717) is 5.75 Å². The van der Waals surface area contributed by atoms with E-state index in [-0.39, 0.29) is 19.1 Å². The van der Waals surface area contributed by atoms with Crippen LogP contribution in [0.5, 0.6) is 5.75 Å². The fourth-order valence-electron chi connectivity index (χ4n) is 3.44. The Labute approximate surface area is 213 Å². The van der Waals surface area contributed by atoms with Crippen LogP contribution in [0, 0.1) is 12.3 Å². The quantitative estimate of drug-likeness (QED) is 0.232. The van der Waals surface area contributed by atoms with Gasteiger partial charge in [0.2, 0.25) is 0 Å². The van der Waals surface area contributed by atoms with Gasteiger partial charge in [0.25, 0.3) is 5.56 Å². The molecule has 1 aliphatic heterocycles. The van der Waals surface area contributed by atoms with Gasteiger partial charge in [-0.3, -0.25) is 19.1 Å². The van der Waals surface area contributed by atoms with Crippen LogP contribution >= 0.6 is 6.64 Å². The van der Waals surface area contributed by atoms with E-state index in [1.807, 2.05) is 0 Å². The molecule has 36 heavy (non-hydrogen) atoms. The molecule has 3 rings (SSSR count). The van der Waals surface area contributed by atoms with E-state index in [2.05, 4.69) is 16.0 Å². The van der Waals surface area contributed by atoms with Crippen LogP contribution in [-0.4, -0.2) is 51.1 Å². The highest BCUT2D eigenvalue weighted by Crippen LogP contribution is 2.47. The maximum atomic E-state index is 12.4. The van der Waals surface area contributed by atoms with Gasteiger partial charge >= 0.3 is 18.3 Å². The molecule has 3 N–H and O–H groups in total. The number of benzene rings is 1. The zero-order valence-corrected chi connectivity index (χ0v) is 21.7. The number of aromatic nitrogens is 2. The minimum Gasteiger partial charge on any atom is -0.462 e. The Morgan fingerprint density at radius 2 is 2.06 bits per heavy atom. The van der Waals surface area contributed by atoms with Crippen molar-refractivity contribution in [3.05, 3.63) is 63.4 Å². The predicted octanol–water partition coefficient (Wildman–Crippen LogP) is 1.44. The fourth-order valence-corrected chi connectivity index (χ4v) is 5.88. The lowest BCUT2D eigenvalue weighted by Gasteiger charge is -2.27. The molecule has 1 aromatic heterocycles. The Kier molecular flexibility index (Phi) is 8.89. The van der Waals surface area contributed by atoms with E-state index in [4.69, 9.17) is 36.8 Å². The van der Waals surface area contributed by atoms with Crippen molar-refractivity contribution in [1.82, 2.24) is 14.6 Å². The van der Waals surface area contributed by atoms with Crippen molar-refractivity contribution in [3.8, 4) is 18.1 Å². The maximum absolute atomic E-state index is 12.4. The number of terminal acetylenes is 1. The Bertz CT molecular complexity index is 1270. The lowest BCUT2D eigenvalue weighted by molar-refractivity contribution is -0.149. The molecule has 0 saturated carbocycles. The molecular formula is C23H28N3O8PS. The summed E-state index contributed by atoms with van der Waals surface area (Å²) < 4.78 is 24.0. The van der Waals surface area contributed by atoms with Crippen molar-refractivity contribution in [2.24, 2.45) is 0 Å². The van der Waals surface area contributed by atoms with Gasteiger partial charge in [-0.05, 0) is 44.7 Å². The van der Waals surface area contributed by atoms with E-state index in [1.165, 1.54) is 6.20 Å². The highest BCUT2D eigenvalue weighted by molar-refractivity contribution is 8.09. The molecule has 13 heteroatoms. The summed E-state index contributed by atoms with van der Waals surface area (Å²) in [7, 11) is 0. The predicted molar refractivity (Wildman–Crippen MR) is 135 cm³/mol. The van der Waals surface area contributed by atoms with Gasteiger partial charge in [-0.25, -0.2) is 9.88 Å². The number of carbonyl (C=O) groups is 1. The highest BCUT2D eigenvalue weighted by Gasteiger charge is 2.48. The normalized spacial score (nSPS) is 24.0. The molecule has 0 radical (unpaired) electrons. The monoisotopic (exact) mass is 537 g/mol. The number of aromatic amines is 1. The summed E-state index contributed by atoms with van der Waals surface area (Å²) in [5, 5.41) is 13.9. The zero-order chi connectivity index (χ0) is 26.5. The first-order valence-electron chi connectivity index (χ1n) is 11.1. The maximum Gasteiger partial charge on any atom is 0.330 e. The summed E-state index contributed by atoms with van der Waals surface area (Å²) in [6.45, 7) is 1.50. The third kappa shape index (κ3) is 6.91. The number of nitrogens with zero attached hydrogens (tertiary/aromatic N) is 1. The van der Waals surface area contributed by atoms with Crippen LogP contribution in [-0.2, 0) is 30.6 Å². The number of hydrogen-bond acceptors (Lipinski definition) is 9. The van der Waals surface area contributed by atoms with Crippen LogP contribution in [0.2, 0.25) is 0 Å². The molecule has 1 saturated heterocycles. The van der Waals surface area contributed by atoms with Gasteiger partial charge in [0.15, 0.2) is 11.8 Å². The van der Waals surface area contributed by atoms with Crippen LogP contribution < -0.4 is 20.9 Å². The summed E-state index contributed by atoms with van der Waals surface area (Å²) in [4.78, 5) is 38.1. The lowest BCUT2D eigenvalue weighted by atomic mass is 9.99. The minimum absolute atomic E-state index is 0.0919. The van der Waals surface area contributed by atoms with Gasteiger partial charge in [-0.2, -0.15) is 0 Å². The van der Waals surface area contributed by atoms with Crippen molar-refractivity contribution >= 4 is 24.4 Å². The number of hydrogen-bond donors (Lipinski definition) is 3. The molecule has 1 fully saturated rings. The largest absolute Gasteiger partial charge is 0.462 e. The molecule has 0 spiro atoms. The van der Waals surface area contributed by atoms with Crippen molar-refractivity contribution in [2.75, 3.05) is 6.61 Å². The number of para-hydroxylation sites is 1. The van der Waals surface area contributed by atoms with Gasteiger partial charge in [-0.1, -0.05) is 24.1 Å². The number of ether oxygens (including phenoxy) is 2. The van der Waals surface area contributed by atoms with E-state index in [9.17, 15) is 19.5 Å². The van der Waals surface area contributed by atoms with Gasteiger partial charge in [0.1, 0.15) is 11.8 Å². The minimum atomic E-state index is -3.35. The first-order chi connectivity index (χ1) is 16.9. The molecule has 194 valence electrons. The Morgan fingerprint density at radius 3 is 2.67 bits per heavy atom. The summed E-state index contributed by atoms with van der Waals surface area (Å²) in [6.07, 6.45) is 4.25. The summed E-state index contributed by atoms with van der Waals surface area (Å²) in [6, 6.07) is 8.95. The summed E-state index contributed by atoms with van der Waals surface area (Å²) in [5.41, 5.74) is -3.26. The van der Waals surface area contributed by atoms with Crippen molar-refractivity contribution in [1.29, 1.82) is 0 Å². The Balaban J connectivity index is 1.78. The lowest BCUT2D eigenvalue weighted by Crippen LogP contribution is -2.41. The van der Waals surface area contributed by atoms with Crippen LogP contribution in [0.25, 0.3) is 0 Å². The molecular weight excluding hydrogens is 509 g/mol. The second kappa shape index (κ2) is 11.5. The average molecular weight is 538 g/mol. The molecule has 2 heterocycles. The Morgan fingerprint density at radius 1 is 1.36 bits per heavy atom. The summed E-state index contributed by atoms with van der Waals surface area (Å²) in [5.74, 6) is 2.15. The summed E-state index contributed by atoms with van der Waals surface area (Å²) >= 11 is 5.67. The third-order valence-electron chi connectivity index (χ3n) is 5.08. The number of carbonyl (C=O) groups excluding carboxylic acids is 1.